The van der Waals surface area contributed by atoms with Gasteiger partial charge in [0.15, 0.2) is 11.7 Å². The number of rotatable bonds is 5. The molecule has 2 heterocycles. The monoisotopic (exact) mass is 533 g/mol. The molecule has 0 saturated carbocycles. The maximum atomic E-state index is 13.4. The van der Waals surface area contributed by atoms with E-state index in [1.54, 1.807) is 6.07 Å². The van der Waals surface area contributed by atoms with Crippen molar-refractivity contribution in [1.29, 1.82) is 0 Å². The number of pyridine rings is 1. The predicted octanol–water partition coefficient (Wildman–Crippen LogP) is 6.96. The van der Waals surface area contributed by atoms with Gasteiger partial charge in [0.1, 0.15) is 0 Å². The average molecular weight is 534 g/mol. The van der Waals surface area contributed by atoms with Gasteiger partial charge in [-0.05, 0) is 48.3 Å². The molecule has 2 aromatic carbocycles. The summed E-state index contributed by atoms with van der Waals surface area (Å²) < 4.78 is 5.54. The molecule has 1 N–H and O–H groups in total. The van der Waals surface area contributed by atoms with E-state index in [-0.39, 0.29) is 5.41 Å². The van der Waals surface area contributed by atoms with Crippen molar-refractivity contribution < 1.29 is 14.3 Å². The van der Waals surface area contributed by atoms with Gasteiger partial charge in [0, 0.05) is 27.0 Å². The van der Waals surface area contributed by atoms with Crippen LogP contribution in [0.15, 0.2) is 53.9 Å². The maximum Gasteiger partial charge on any atom is 0.339 e. The number of hydrogen-bond acceptors (Lipinski definition) is 6. The molecular formula is C29H28ClN3O3S. The Labute approximate surface area is 225 Å². The summed E-state index contributed by atoms with van der Waals surface area (Å²) in [6.07, 6.45) is 2.61. The molecule has 2 aromatic heterocycles. The quantitative estimate of drug-likeness (QED) is 0.280. The lowest BCUT2D eigenvalue weighted by Gasteiger charge is -2.35. The van der Waals surface area contributed by atoms with Crippen LogP contribution in [0.25, 0.3) is 22.2 Å². The van der Waals surface area contributed by atoms with Gasteiger partial charge in [0.2, 0.25) is 0 Å². The van der Waals surface area contributed by atoms with Gasteiger partial charge >= 0.3 is 5.97 Å². The molecule has 1 unspecified atom stereocenters. The summed E-state index contributed by atoms with van der Waals surface area (Å²) >= 11 is 7.54. The normalized spacial score (nSPS) is 15.3. The van der Waals surface area contributed by atoms with Crippen molar-refractivity contribution in [1.82, 2.24) is 9.97 Å². The molecule has 4 aromatic rings. The zero-order chi connectivity index (χ0) is 26.2. The van der Waals surface area contributed by atoms with Gasteiger partial charge < -0.3 is 4.74 Å². The Morgan fingerprint density at radius 1 is 1.11 bits per heavy atom. The first-order valence-corrected chi connectivity index (χ1v) is 13.5. The van der Waals surface area contributed by atoms with Crippen LogP contribution in [0.5, 0.6) is 0 Å². The first-order valence-electron chi connectivity index (χ1n) is 12.3. The number of anilines is 1. The van der Waals surface area contributed by atoms with Crippen molar-refractivity contribution in [2.24, 2.45) is 11.3 Å². The van der Waals surface area contributed by atoms with E-state index in [0.717, 1.165) is 47.0 Å². The maximum absolute atomic E-state index is 13.4. The minimum Gasteiger partial charge on any atom is -0.452 e. The van der Waals surface area contributed by atoms with E-state index in [1.165, 1.54) is 11.3 Å². The number of esters is 1. The lowest BCUT2D eigenvalue weighted by Crippen LogP contribution is -2.29. The van der Waals surface area contributed by atoms with Crippen LogP contribution in [0.2, 0.25) is 5.02 Å². The number of hydrogen-bond donors (Lipinski definition) is 1. The molecule has 37 heavy (non-hydrogen) atoms. The number of nitrogens with one attached hydrogen (secondary N) is 1. The fourth-order valence-electron chi connectivity index (χ4n) is 4.84. The van der Waals surface area contributed by atoms with Crippen molar-refractivity contribution in [3.05, 3.63) is 75.8 Å². The minimum absolute atomic E-state index is 0.112. The number of thiazole rings is 1. The molecule has 190 valence electrons. The number of aryl methyl sites for hydroxylation is 1. The topological polar surface area (TPSA) is 81.2 Å². The zero-order valence-corrected chi connectivity index (χ0v) is 22.6. The van der Waals surface area contributed by atoms with Crippen LogP contribution in [-0.2, 0) is 22.4 Å². The van der Waals surface area contributed by atoms with Crippen LogP contribution in [-0.4, -0.2) is 28.5 Å². The third-order valence-electron chi connectivity index (χ3n) is 6.92. The summed E-state index contributed by atoms with van der Waals surface area (Å²) in [5.74, 6) is -0.529. The van der Waals surface area contributed by atoms with Gasteiger partial charge in [-0.25, -0.2) is 9.78 Å². The predicted molar refractivity (Wildman–Crippen MR) is 148 cm³/mol. The number of amides is 1. The summed E-state index contributed by atoms with van der Waals surface area (Å²) in [5, 5.41) is 6.30. The minimum atomic E-state index is -0.504. The molecule has 0 spiro atoms. The summed E-state index contributed by atoms with van der Waals surface area (Å²) in [4.78, 5) is 35.4. The molecule has 1 aliphatic carbocycles. The standard InChI is InChI=1S/C29H28ClN3O3S/c1-29(2,3)17-12-13-23-20(14-17)26(19-9-5-7-11-22(19)31-23)27(35)36-15-25(34)33-28-32-24(16-37-28)18-8-4-6-10-21(18)30/h4-11,16-17H,12-15H2,1-3H3,(H,32,33,34). The van der Waals surface area contributed by atoms with E-state index in [0.29, 0.717) is 27.3 Å². The van der Waals surface area contributed by atoms with Crippen molar-refractivity contribution in [3.63, 3.8) is 0 Å². The Kier molecular flexibility index (Phi) is 7.01. The molecule has 0 aliphatic heterocycles. The van der Waals surface area contributed by atoms with Gasteiger partial charge in [0.05, 0.1) is 16.8 Å². The van der Waals surface area contributed by atoms with E-state index < -0.39 is 18.5 Å². The third kappa shape index (κ3) is 5.38. The molecule has 1 aliphatic rings. The summed E-state index contributed by atoms with van der Waals surface area (Å²) in [7, 11) is 0. The lowest BCUT2D eigenvalue weighted by molar-refractivity contribution is -0.119. The lowest BCUT2D eigenvalue weighted by atomic mass is 9.70. The largest absolute Gasteiger partial charge is 0.452 e. The summed E-state index contributed by atoms with van der Waals surface area (Å²) in [6.45, 7) is 6.29. The number of nitrogens with zero attached hydrogens (tertiary/aromatic N) is 2. The third-order valence-corrected chi connectivity index (χ3v) is 8.01. The Balaban J connectivity index is 1.33. The molecule has 6 nitrogen and oxygen atoms in total. The molecule has 0 fully saturated rings. The molecule has 1 atom stereocenters. The second-order valence-corrected chi connectivity index (χ2v) is 11.6. The van der Waals surface area contributed by atoms with Crippen molar-refractivity contribution in [2.45, 2.75) is 40.0 Å². The van der Waals surface area contributed by atoms with Crippen LogP contribution < -0.4 is 5.32 Å². The second kappa shape index (κ2) is 10.2. The van der Waals surface area contributed by atoms with E-state index in [1.807, 2.05) is 47.8 Å². The fraction of sp³-hybridized carbons (Fsp3) is 0.310. The van der Waals surface area contributed by atoms with Crippen molar-refractivity contribution in [3.8, 4) is 11.3 Å². The number of fused-ring (bicyclic) bond motifs is 2. The SMILES string of the molecule is CC(C)(C)C1CCc2nc3ccccc3c(C(=O)OCC(=O)Nc3nc(-c4ccccc4Cl)cs3)c2C1. The van der Waals surface area contributed by atoms with E-state index >= 15 is 0 Å². The Morgan fingerprint density at radius 2 is 1.86 bits per heavy atom. The van der Waals surface area contributed by atoms with Gasteiger partial charge in [-0.2, -0.15) is 0 Å². The smallest absolute Gasteiger partial charge is 0.339 e. The van der Waals surface area contributed by atoms with Crippen LogP contribution in [0.4, 0.5) is 5.13 Å². The molecule has 0 bridgehead atoms. The number of aromatic nitrogens is 2. The average Bonchev–Trinajstić information content (AvgIpc) is 3.33. The highest BCUT2D eigenvalue weighted by Gasteiger charge is 2.33. The van der Waals surface area contributed by atoms with Crippen LogP contribution in [0.3, 0.4) is 0 Å². The Hall–Kier alpha value is -3.29. The second-order valence-electron chi connectivity index (χ2n) is 10.4. The Bertz CT molecular complexity index is 1490. The number of para-hydroxylation sites is 1. The van der Waals surface area contributed by atoms with Crippen molar-refractivity contribution >= 4 is 50.8 Å². The number of carbonyl (C=O) groups excluding carboxylic acids is 2. The van der Waals surface area contributed by atoms with Crippen LogP contribution in [0.1, 0.15) is 48.8 Å². The first kappa shape index (κ1) is 25.4. The van der Waals surface area contributed by atoms with Gasteiger partial charge in [-0.15, -0.1) is 11.3 Å². The van der Waals surface area contributed by atoms with Gasteiger partial charge in [-0.1, -0.05) is 68.8 Å². The van der Waals surface area contributed by atoms with Crippen LogP contribution >= 0.6 is 22.9 Å². The highest BCUT2D eigenvalue weighted by Crippen LogP contribution is 2.39. The van der Waals surface area contributed by atoms with Gasteiger partial charge in [-0.3, -0.25) is 15.1 Å². The van der Waals surface area contributed by atoms with E-state index in [2.05, 4.69) is 31.1 Å². The highest BCUT2D eigenvalue weighted by molar-refractivity contribution is 7.14. The first-order chi connectivity index (χ1) is 17.7. The van der Waals surface area contributed by atoms with E-state index in [9.17, 15) is 9.59 Å². The van der Waals surface area contributed by atoms with Crippen molar-refractivity contribution in [2.75, 3.05) is 11.9 Å². The molecule has 0 saturated heterocycles. The molecule has 1 amide bonds. The number of benzene rings is 2. The summed E-state index contributed by atoms with van der Waals surface area (Å²) in [6, 6.07) is 15.0. The Morgan fingerprint density at radius 3 is 2.65 bits per heavy atom. The van der Waals surface area contributed by atoms with Gasteiger partial charge in [0.25, 0.3) is 5.91 Å². The fourth-order valence-corrected chi connectivity index (χ4v) is 5.80. The molecule has 5 rings (SSSR count). The molecule has 8 heteroatoms. The van der Waals surface area contributed by atoms with E-state index in [4.69, 9.17) is 21.3 Å². The van der Waals surface area contributed by atoms with Crippen LogP contribution in [0, 0.1) is 11.3 Å². The number of carbonyl (C=O) groups is 2. The highest BCUT2D eigenvalue weighted by atomic mass is 35.5. The summed E-state index contributed by atoms with van der Waals surface area (Å²) in [5.41, 5.74) is 4.76. The zero-order valence-electron chi connectivity index (χ0n) is 21.0. The number of halogens is 1. The molecule has 0 radical (unpaired) electrons. The number of ether oxygens (including phenoxy) is 1. The molecular weight excluding hydrogens is 506 g/mol.